The molecule has 2 heterocycles. The monoisotopic (exact) mass is 344 g/mol. The van der Waals surface area contributed by atoms with Crippen LogP contribution >= 0.6 is 0 Å². The van der Waals surface area contributed by atoms with E-state index < -0.39 is 0 Å². The van der Waals surface area contributed by atoms with Gasteiger partial charge in [-0.3, -0.25) is 9.69 Å². The number of carbonyl (C=O) groups is 1. The molecule has 0 spiro atoms. The number of rotatable bonds is 3. The van der Waals surface area contributed by atoms with Crippen LogP contribution in [0.4, 0.5) is 0 Å². The second kappa shape index (κ2) is 7.36. The van der Waals surface area contributed by atoms with Crippen LogP contribution in [0.2, 0.25) is 0 Å². The Labute approximate surface area is 151 Å². The number of likely N-dealkylation sites (tertiary alicyclic amines) is 2. The van der Waals surface area contributed by atoms with Crippen LogP contribution in [0.3, 0.4) is 0 Å². The number of phenolic OH excluding ortho intramolecular Hbond substituents is 1. The number of nitrogens with zero attached hydrogens (tertiary/aromatic N) is 2. The van der Waals surface area contributed by atoms with Crippen LogP contribution < -0.4 is 0 Å². The van der Waals surface area contributed by atoms with Gasteiger partial charge in [0.25, 0.3) is 5.91 Å². The fourth-order valence-corrected chi connectivity index (χ4v) is 4.58. The van der Waals surface area contributed by atoms with Crippen LogP contribution in [0.5, 0.6) is 5.75 Å². The largest absolute Gasteiger partial charge is 0.507 e. The summed E-state index contributed by atoms with van der Waals surface area (Å²) in [4.78, 5) is 17.5. The lowest BCUT2D eigenvalue weighted by atomic mass is 9.98. The van der Waals surface area contributed by atoms with Gasteiger partial charge in [0.05, 0.1) is 5.56 Å². The minimum atomic E-state index is -0.0305. The highest BCUT2D eigenvalue weighted by Crippen LogP contribution is 2.31. The zero-order valence-electron chi connectivity index (χ0n) is 16.0. The lowest BCUT2D eigenvalue weighted by molar-refractivity contribution is 0.0484. The first-order valence-corrected chi connectivity index (χ1v) is 9.78. The number of hydrogen-bond acceptors (Lipinski definition) is 3. The van der Waals surface area contributed by atoms with Crippen LogP contribution in [-0.2, 0) is 0 Å². The van der Waals surface area contributed by atoms with E-state index in [9.17, 15) is 9.90 Å². The highest BCUT2D eigenvalue weighted by Gasteiger charge is 2.36. The van der Waals surface area contributed by atoms with Gasteiger partial charge in [0.2, 0.25) is 0 Å². The number of benzene rings is 1. The highest BCUT2D eigenvalue weighted by atomic mass is 16.3. The van der Waals surface area contributed by atoms with E-state index in [2.05, 4.69) is 32.6 Å². The predicted octanol–water partition coefficient (Wildman–Crippen LogP) is 3.99. The molecule has 1 amide bonds. The van der Waals surface area contributed by atoms with Gasteiger partial charge in [-0.15, -0.1) is 0 Å². The average molecular weight is 344 g/mol. The lowest BCUT2D eigenvalue weighted by Gasteiger charge is -2.41. The van der Waals surface area contributed by atoms with E-state index in [0.29, 0.717) is 29.6 Å². The SMILES string of the molecule is CC(C)c1ccc(C(=O)N2CCC[C@H](N3[C@H](C)CC[C@H]3C)C2)c(O)c1. The number of hydrogen-bond donors (Lipinski definition) is 1. The summed E-state index contributed by atoms with van der Waals surface area (Å²) in [6, 6.07) is 7.15. The molecule has 1 aromatic rings. The number of amides is 1. The summed E-state index contributed by atoms with van der Waals surface area (Å²) in [5, 5.41) is 10.3. The molecule has 25 heavy (non-hydrogen) atoms. The molecule has 1 aromatic carbocycles. The summed E-state index contributed by atoms with van der Waals surface area (Å²) in [5.41, 5.74) is 1.50. The average Bonchev–Trinajstić information content (AvgIpc) is 2.93. The third-order valence-electron chi connectivity index (χ3n) is 6.04. The van der Waals surface area contributed by atoms with E-state index >= 15 is 0 Å². The molecular formula is C21H32N2O2. The molecule has 0 bridgehead atoms. The van der Waals surface area contributed by atoms with Crippen molar-refractivity contribution >= 4 is 5.91 Å². The second-order valence-electron chi connectivity index (χ2n) is 8.20. The van der Waals surface area contributed by atoms with Crippen LogP contribution in [0.15, 0.2) is 18.2 Å². The van der Waals surface area contributed by atoms with E-state index in [-0.39, 0.29) is 11.7 Å². The Morgan fingerprint density at radius 1 is 1.16 bits per heavy atom. The van der Waals surface area contributed by atoms with Crippen LogP contribution in [0.1, 0.15) is 75.2 Å². The normalized spacial score (nSPS) is 27.9. The van der Waals surface area contributed by atoms with Gasteiger partial charge in [-0.2, -0.15) is 0 Å². The molecule has 2 saturated heterocycles. The van der Waals surface area contributed by atoms with Crippen LogP contribution in [-0.4, -0.2) is 52.0 Å². The molecule has 4 nitrogen and oxygen atoms in total. The number of piperidine rings is 1. The number of phenols is 1. The summed E-state index contributed by atoms with van der Waals surface area (Å²) in [5.74, 6) is 0.422. The van der Waals surface area contributed by atoms with E-state index in [1.165, 1.54) is 12.8 Å². The molecule has 4 heteroatoms. The van der Waals surface area contributed by atoms with Crippen molar-refractivity contribution in [1.29, 1.82) is 0 Å². The Balaban J connectivity index is 1.74. The number of carbonyl (C=O) groups excluding carboxylic acids is 1. The molecular weight excluding hydrogens is 312 g/mol. The minimum absolute atomic E-state index is 0.0305. The van der Waals surface area contributed by atoms with Crippen LogP contribution in [0, 0.1) is 0 Å². The van der Waals surface area contributed by atoms with Gasteiger partial charge >= 0.3 is 0 Å². The molecule has 0 aromatic heterocycles. The Hall–Kier alpha value is -1.55. The third-order valence-corrected chi connectivity index (χ3v) is 6.04. The molecule has 0 aliphatic carbocycles. The quantitative estimate of drug-likeness (QED) is 0.901. The molecule has 3 atom stereocenters. The molecule has 0 radical (unpaired) electrons. The van der Waals surface area contributed by atoms with Gasteiger partial charge in [-0.1, -0.05) is 19.9 Å². The van der Waals surface area contributed by atoms with Crippen LogP contribution in [0.25, 0.3) is 0 Å². The summed E-state index contributed by atoms with van der Waals surface area (Å²) in [7, 11) is 0. The van der Waals surface area contributed by atoms with Gasteiger partial charge in [0.1, 0.15) is 5.75 Å². The lowest BCUT2D eigenvalue weighted by Crippen LogP contribution is -2.52. The van der Waals surface area contributed by atoms with Crippen molar-refractivity contribution in [1.82, 2.24) is 9.80 Å². The zero-order valence-corrected chi connectivity index (χ0v) is 16.0. The smallest absolute Gasteiger partial charge is 0.257 e. The maximum absolute atomic E-state index is 13.0. The Morgan fingerprint density at radius 2 is 1.84 bits per heavy atom. The first-order valence-electron chi connectivity index (χ1n) is 9.78. The Bertz CT molecular complexity index is 618. The van der Waals surface area contributed by atoms with Crippen molar-refractivity contribution in [3.8, 4) is 5.75 Å². The van der Waals surface area contributed by atoms with E-state index in [1.54, 1.807) is 12.1 Å². The van der Waals surface area contributed by atoms with Crippen molar-refractivity contribution in [2.75, 3.05) is 13.1 Å². The second-order valence-corrected chi connectivity index (χ2v) is 8.20. The van der Waals surface area contributed by atoms with Crippen molar-refractivity contribution < 1.29 is 9.90 Å². The maximum atomic E-state index is 13.0. The van der Waals surface area contributed by atoms with Gasteiger partial charge in [-0.25, -0.2) is 0 Å². The molecule has 2 aliphatic rings. The minimum Gasteiger partial charge on any atom is -0.507 e. The van der Waals surface area contributed by atoms with Gasteiger partial charge in [0, 0.05) is 31.2 Å². The predicted molar refractivity (Wildman–Crippen MR) is 101 cm³/mol. The van der Waals surface area contributed by atoms with Crippen molar-refractivity contribution in [2.45, 2.75) is 77.4 Å². The van der Waals surface area contributed by atoms with Gasteiger partial charge in [0.15, 0.2) is 0 Å². The van der Waals surface area contributed by atoms with Crippen molar-refractivity contribution in [2.24, 2.45) is 0 Å². The molecule has 3 rings (SSSR count). The van der Waals surface area contributed by atoms with E-state index in [4.69, 9.17) is 0 Å². The molecule has 0 saturated carbocycles. The molecule has 2 fully saturated rings. The topological polar surface area (TPSA) is 43.8 Å². The van der Waals surface area contributed by atoms with E-state index in [0.717, 1.165) is 31.5 Å². The zero-order chi connectivity index (χ0) is 18.1. The van der Waals surface area contributed by atoms with Crippen molar-refractivity contribution in [3.05, 3.63) is 29.3 Å². The Morgan fingerprint density at radius 3 is 2.44 bits per heavy atom. The molecule has 0 unspecified atom stereocenters. The summed E-state index contributed by atoms with van der Waals surface area (Å²) >= 11 is 0. The fraction of sp³-hybridized carbons (Fsp3) is 0.667. The molecule has 2 aliphatic heterocycles. The molecule has 1 N–H and O–H groups in total. The maximum Gasteiger partial charge on any atom is 0.257 e. The summed E-state index contributed by atoms with van der Waals surface area (Å²) < 4.78 is 0. The summed E-state index contributed by atoms with van der Waals surface area (Å²) in [6.45, 7) is 10.4. The highest BCUT2D eigenvalue weighted by molar-refractivity contribution is 5.97. The third kappa shape index (κ3) is 3.69. The van der Waals surface area contributed by atoms with Gasteiger partial charge in [-0.05, 0) is 63.1 Å². The van der Waals surface area contributed by atoms with E-state index in [1.807, 2.05) is 11.0 Å². The Kier molecular flexibility index (Phi) is 5.38. The first-order chi connectivity index (χ1) is 11.9. The molecule has 138 valence electrons. The summed E-state index contributed by atoms with van der Waals surface area (Å²) in [6.07, 6.45) is 4.71. The first kappa shape index (κ1) is 18.2. The van der Waals surface area contributed by atoms with Crippen molar-refractivity contribution in [3.63, 3.8) is 0 Å². The van der Waals surface area contributed by atoms with Gasteiger partial charge < -0.3 is 10.0 Å². The number of aromatic hydroxyl groups is 1. The fourth-order valence-electron chi connectivity index (χ4n) is 4.58. The standard InChI is InChI=1S/C21H32N2O2/c1-14(2)17-9-10-19(20(24)12-17)21(25)22-11-5-6-18(13-22)23-15(3)7-8-16(23)4/h9-10,12,14-16,18,24H,5-8,11,13H2,1-4H3/t15-,16-,18+/m1/s1.